The standard InChI is InChI=1S/C26H20N4O5/c1-29-12-10-16-14-17(5-7-20(16)29)23(32)27-11-2-3-15-4-6-18-19(13-15)26(35)30(25(18)34)21-8-9-22(31)28-24(21)33/h4-7,10,12-14,21H,8-9,11H2,1H3,(H,27,32)(H,28,31,33). The number of nitrogens with zero attached hydrogens (tertiary/aromatic N) is 2. The summed E-state index contributed by atoms with van der Waals surface area (Å²) in [5, 5.41) is 5.88. The lowest BCUT2D eigenvalue weighted by atomic mass is 10.0. The minimum absolute atomic E-state index is 0.0610. The second-order valence-corrected chi connectivity index (χ2v) is 8.39. The van der Waals surface area contributed by atoms with E-state index in [-0.39, 0.29) is 36.4 Å². The van der Waals surface area contributed by atoms with Gasteiger partial charge >= 0.3 is 0 Å². The first kappa shape index (κ1) is 22.1. The van der Waals surface area contributed by atoms with Crippen molar-refractivity contribution in [1.29, 1.82) is 0 Å². The molecule has 1 unspecified atom stereocenters. The van der Waals surface area contributed by atoms with E-state index in [2.05, 4.69) is 22.5 Å². The molecule has 0 radical (unpaired) electrons. The Hall–Kier alpha value is -4.71. The SMILES string of the molecule is Cn1ccc2cc(C(=O)NCC#Cc3ccc4c(c3)C(=O)N(C3CCC(=O)NC3=O)C4=O)ccc21. The molecule has 2 aliphatic rings. The molecule has 0 saturated carbocycles. The van der Waals surface area contributed by atoms with Crippen LogP contribution in [0.1, 0.15) is 49.5 Å². The van der Waals surface area contributed by atoms with Crippen molar-refractivity contribution in [2.75, 3.05) is 6.54 Å². The fourth-order valence-electron chi connectivity index (χ4n) is 4.34. The molecule has 5 amide bonds. The van der Waals surface area contributed by atoms with Crippen LogP contribution in [0.15, 0.2) is 48.7 Å². The molecule has 2 N–H and O–H groups in total. The van der Waals surface area contributed by atoms with E-state index >= 15 is 0 Å². The Balaban J connectivity index is 1.26. The third-order valence-electron chi connectivity index (χ3n) is 6.16. The molecule has 2 aliphatic heterocycles. The second kappa shape index (κ2) is 8.57. The van der Waals surface area contributed by atoms with Crippen molar-refractivity contribution >= 4 is 40.4 Å². The summed E-state index contributed by atoms with van der Waals surface area (Å²) < 4.78 is 1.97. The fourth-order valence-corrected chi connectivity index (χ4v) is 4.34. The van der Waals surface area contributed by atoms with Crippen LogP contribution >= 0.6 is 0 Å². The van der Waals surface area contributed by atoms with E-state index in [1.807, 2.05) is 36.0 Å². The van der Waals surface area contributed by atoms with Gasteiger partial charge < -0.3 is 9.88 Å². The molecule has 1 fully saturated rings. The number of fused-ring (bicyclic) bond motifs is 2. The zero-order valence-corrected chi connectivity index (χ0v) is 18.8. The minimum atomic E-state index is -1.01. The van der Waals surface area contributed by atoms with Crippen LogP contribution < -0.4 is 10.6 Å². The number of hydrogen-bond donors (Lipinski definition) is 2. The molecule has 1 aromatic heterocycles. The van der Waals surface area contributed by atoms with E-state index in [1.54, 1.807) is 12.1 Å². The Morgan fingerprint density at radius 1 is 1.06 bits per heavy atom. The number of nitrogens with one attached hydrogen (secondary N) is 2. The number of amides is 5. The van der Waals surface area contributed by atoms with Crippen molar-refractivity contribution in [3.05, 3.63) is 70.9 Å². The summed E-state index contributed by atoms with van der Waals surface area (Å²) in [5.74, 6) is 3.25. The lowest BCUT2D eigenvalue weighted by Gasteiger charge is -2.27. The molecule has 3 heterocycles. The van der Waals surface area contributed by atoms with E-state index in [4.69, 9.17) is 0 Å². The van der Waals surface area contributed by atoms with Crippen molar-refractivity contribution in [3.8, 4) is 11.8 Å². The molecule has 0 spiro atoms. The molecular formula is C26H20N4O5. The van der Waals surface area contributed by atoms with Gasteiger partial charge in [0.2, 0.25) is 11.8 Å². The summed E-state index contributed by atoms with van der Waals surface area (Å²) in [6.07, 6.45) is 2.09. The number of benzene rings is 2. The number of imide groups is 2. The van der Waals surface area contributed by atoms with Crippen molar-refractivity contribution < 1.29 is 24.0 Å². The van der Waals surface area contributed by atoms with E-state index < -0.39 is 29.7 Å². The molecule has 35 heavy (non-hydrogen) atoms. The minimum Gasteiger partial charge on any atom is -0.351 e. The Labute approximate surface area is 200 Å². The highest BCUT2D eigenvalue weighted by atomic mass is 16.2. The van der Waals surface area contributed by atoms with Crippen LogP contribution in [0.4, 0.5) is 0 Å². The summed E-state index contributed by atoms with van der Waals surface area (Å²) >= 11 is 0. The summed E-state index contributed by atoms with van der Waals surface area (Å²) in [7, 11) is 1.94. The van der Waals surface area contributed by atoms with Crippen LogP contribution in [-0.4, -0.2) is 51.6 Å². The first-order chi connectivity index (χ1) is 16.8. The van der Waals surface area contributed by atoms with Crippen molar-refractivity contribution in [3.63, 3.8) is 0 Å². The van der Waals surface area contributed by atoms with Crippen LogP contribution in [-0.2, 0) is 16.6 Å². The molecule has 1 saturated heterocycles. The second-order valence-electron chi connectivity index (χ2n) is 8.39. The molecule has 174 valence electrons. The molecule has 0 aliphatic carbocycles. The number of hydrogen-bond acceptors (Lipinski definition) is 5. The summed E-state index contributed by atoms with van der Waals surface area (Å²) in [6.45, 7) is 0.0953. The lowest BCUT2D eigenvalue weighted by Crippen LogP contribution is -2.54. The van der Waals surface area contributed by atoms with Gasteiger partial charge in [-0.15, -0.1) is 0 Å². The number of aryl methyl sites for hydroxylation is 1. The average molecular weight is 468 g/mol. The number of piperidine rings is 1. The van der Waals surface area contributed by atoms with Crippen LogP contribution in [0, 0.1) is 11.8 Å². The molecule has 2 aromatic carbocycles. The number of rotatable bonds is 3. The predicted molar refractivity (Wildman–Crippen MR) is 125 cm³/mol. The summed E-state index contributed by atoms with van der Waals surface area (Å²) in [4.78, 5) is 62.6. The van der Waals surface area contributed by atoms with Crippen molar-refractivity contribution in [2.24, 2.45) is 7.05 Å². The smallest absolute Gasteiger partial charge is 0.262 e. The maximum Gasteiger partial charge on any atom is 0.262 e. The van der Waals surface area contributed by atoms with Crippen molar-refractivity contribution in [1.82, 2.24) is 20.1 Å². The molecule has 9 nitrogen and oxygen atoms in total. The van der Waals surface area contributed by atoms with Crippen LogP contribution in [0.3, 0.4) is 0 Å². The van der Waals surface area contributed by atoms with E-state index in [1.165, 1.54) is 12.1 Å². The van der Waals surface area contributed by atoms with Crippen LogP contribution in [0.5, 0.6) is 0 Å². The maximum atomic E-state index is 12.9. The largest absolute Gasteiger partial charge is 0.351 e. The first-order valence-electron chi connectivity index (χ1n) is 11.0. The highest BCUT2D eigenvalue weighted by Gasteiger charge is 2.44. The van der Waals surface area contributed by atoms with Gasteiger partial charge in [-0.1, -0.05) is 11.8 Å². The number of aromatic nitrogens is 1. The monoisotopic (exact) mass is 468 g/mol. The van der Waals surface area contributed by atoms with Gasteiger partial charge in [0, 0.05) is 41.7 Å². The van der Waals surface area contributed by atoms with Gasteiger partial charge in [0.05, 0.1) is 17.7 Å². The average Bonchev–Trinajstić information content (AvgIpc) is 3.33. The molecule has 3 aromatic rings. The Morgan fingerprint density at radius 3 is 2.66 bits per heavy atom. The highest BCUT2D eigenvalue weighted by Crippen LogP contribution is 2.28. The molecule has 9 heteroatoms. The van der Waals surface area contributed by atoms with Gasteiger partial charge in [0.15, 0.2) is 0 Å². The Kier molecular flexibility index (Phi) is 5.41. The summed E-state index contributed by atoms with van der Waals surface area (Å²) in [5.41, 5.74) is 2.40. The molecule has 5 rings (SSSR count). The van der Waals surface area contributed by atoms with Crippen molar-refractivity contribution in [2.45, 2.75) is 18.9 Å². The van der Waals surface area contributed by atoms with Gasteiger partial charge in [-0.3, -0.25) is 34.2 Å². The predicted octanol–water partition coefficient (Wildman–Crippen LogP) is 1.36. The quantitative estimate of drug-likeness (QED) is 0.445. The van der Waals surface area contributed by atoms with Gasteiger partial charge in [-0.05, 0) is 48.9 Å². The van der Waals surface area contributed by atoms with E-state index in [9.17, 15) is 24.0 Å². The van der Waals surface area contributed by atoms with Crippen LogP contribution in [0.2, 0.25) is 0 Å². The number of carbonyl (C=O) groups excluding carboxylic acids is 5. The van der Waals surface area contributed by atoms with Gasteiger partial charge in [-0.25, -0.2) is 0 Å². The Morgan fingerprint density at radius 2 is 1.86 bits per heavy atom. The van der Waals surface area contributed by atoms with Gasteiger partial charge in [0.1, 0.15) is 6.04 Å². The first-order valence-corrected chi connectivity index (χ1v) is 11.0. The normalized spacial score (nSPS) is 17.2. The topological polar surface area (TPSA) is 118 Å². The lowest BCUT2D eigenvalue weighted by molar-refractivity contribution is -0.136. The zero-order chi connectivity index (χ0) is 24.7. The zero-order valence-electron chi connectivity index (χ0n) is 18.8. The fraction of sp³-hybridized carbons (Fsp3) is 0.192. The van der Waals surface area contributed by atoms with Crippen LogP contribution in [0.25, 0.3) is 10.9 Å². The molecule has 1 atom stereocenters. The highest BCUT2D eigenvalue weighted by molar-refractivity contribution is 6.23. The van der Waals surface area contributed by atoms with E-state index in [0.717, 1.165) is 15.8 Å². The van der Waals surface area contributed by atoms with E-state index in [0.29, 0.717) is 11.1 Å². The third kappa shape index (κ3) is 3.95. The van der Waals surface area contributed by atoms with Gasteiger partial charge in [0.25, 0.3) is 17.7 Å². The molecular weight excluding hydrogens is 448 g/mol. The maximum absolute atomic E-state index is 12.9. The summed E-state index contributed by atoms with van der Waals surface area (Å²) in [6, 6.07) is 11.0. The molecule has 0 bridgehead atoms. The Bertz CT molecular complexity index is 1510. The number of carbonyl (C=O) groups is 5. The van der Waals surface area contributed by atoms with Gasteiger partial charge in [-0.2, -0.15) is 0 Å². The third-order valence-corrected chi connectivity index (χ3v) is 6.16.